The smallest absolute Gasteiger partial charge is 0.108 e. The lowest BCUT2D eigenvalue weighted by atomic mass is 10.0. The van der Waals surface area contributed by atoms with Crippen molar-refractivity contribution in [1.29, 1.82) is 0 Å². The van der Waals surface area contributed by atoms with Crippen LogP contribution in [0, 0.1) is 5.92 Å². The predicted octanol–water partition coefficient (Wildman–Crippen LogP) is 1.11. The Balaban J connectivity index is 2.58. The van der Waals surface area contributed by atoms with E-state index in [0.29, 0.717) is 5.92 Å². The molecule has 0 radical (unpaired) electrons. The van der Waals surface area contributed by atoms with E-state index in [9.17, 15) is 0 Å². The third-order valence-electron chi connectivity index (χ3n) is 1.60. The van der Waals surface area contributed by atoms with Crippen LogP contribution in [0.1, 0.15) is 6.92 Å². The molecule has 0 saturated carbocycles. The van der Waals surface area contributed by atoms with Crippen LogP contribution < -0.4 is 0 Å². The zero-order valence-corrected chi connectivity index (χ0v) is 5.96. The van der Waals surface area contributed by atoms with Gasteiger partial charge in [0.2, 0.25) is 0 Å². The molecule has 1 aliphatic rings. The molecule has 1 heterocycles. The molecular weight excluding hydrogens is 112 g/mol. The second-order valence-corrected chi connectivity index (χ2v) is 2.45. The maximum absolute atomic E-state index is 4.10. The minimum Gasteiger partial charge on any atom is -0.362 e. The van der Waals surface area contributed by atoms with E-state index >= 15 is 0 Å². The number of rotatable bonds is 1. The minimum atomic E-state index is 0.632. The van der Waals surface area contributed by atoms with Crippen LogP contribution in [0.5, 0.6) is 0 Å². The van der Waals surface area contributed by atoms with Gasteiger partial charge in [-0.05, 0) is 0 Å². The van der Waals surface area contributed by atoms with Crippen LogP contribution in [0.4, 0.5) is 0 Å². The van der Waals surface area contributed by atoms with Crippen molar-refractivity contribution in [1.82, 2.24) is 4.90 Å². The van der Waals surface area contributed by atoms with Crippen molar-refractivity contribution in [2.75, 3.05) is 13.6 Å². The Labute approximate surface area is 55.9 Å². The van der Waals surface area contributed by atoms with Crippen molar-refractivity contribution < 1.29 is 0 Å². The van der Waals surface area contributed by atoms with Gasteiger partial charge < -0.3 is 4.90 Å². The minimum absolute atomic E-state index is 0.632. The van der Waals surface area contributed by atoms with Crippen LogP contribution >= 0.6 is 0 Å². The number of hydrogen-bond acceptors (Lipinski definition) is 1. The Morgan fingerprint density at radius 2 is 2.56 bits per heavy atom. The fraction of sp³-hybridized carbons (Fsp3) is 0.571. The first-order chi connectivity index (χ1) is 4.25. The predicted molar refractivity (Wildman–Crippen MR) is 39.4 cm³/mol. The number of hydrogen-bond donors (Lipinski definition) is 0. The summed E-state index contributed by atoms with van der Waals surface area (Å²) < 4.78 is 0. The highest BCUT2D eigenvalue weighted by Gasteiger charge is 2.25. The van der Waals surface area contributed by atoms with E-state index in [1.165, 1.54) is 0 Å². The topological polar surface area (TPSA) is 15.6 Å². The fourth-order valence-electron chi connectivity index (χ4n) is 1.17. The summed E-state index contributed by atoms with van der Waals surface area (Å²) in [5.74, 6) is 1.79. The Morgan fingerprint density at radius 3 is 2.78 bits per heavy atom. The number of likely N-dealkylation sites (tertiary alicyclic amines) is 1. The molecule has 0 spiro atoms. The van der Waals surface area contributed by atoms with Gasteiger partial charge in [-0.2, -0.15) is 0 Å². The summed E-state index contributed by atoms with van der Waals surface area (Å²) >= 11 is 0. The largest absolute Gasteiger partial charge is 0.362 e. The molecule has 50 valence electrons. The van der Waals surface area contributed by atoms with Crippen molar-refractivity contribution in [3.63, 3.8) is 0 Å². The van der Waals surface area contributed by atoms with Gasteiger partial charge in [0, 0.05) is 25.7 Å². The molecule has 0 aromatic rings. The first-order valence-corrected chi connectivity index (χ1v) is 3.15. The van der Waals surface area contributed by atoms with E-state index in [-0.39, 0.29) is 0 Å². The molecule has 0 unspecified atom stereocenters. The molecule has 0 aromatic heterocycles. The molecule has 1 aliphatic heterocycles. The van der Waals surface area contributed by atoms with E-state index in [1.54, 1.807) is 6.20 Å². The van der Waals surface area contributed by atoms with Crippen LogP contribution in [-0.4, -0.2) is 24.3 Å². The van der Waals surface area contributed by atoms with Crippen molar-refractivity contribution in [2.24, 2.45) is 10.9 Å². The summed E-state index contributed by atoms with van der Waals surface area (Å²) in [6, 6.07) is 0. The zero-order valence-electron chi connectivity index (χ0n) is 5.96. The lowest BCUT2D eigenvalue weighted by Crippen LogP contribution is -2.48. The van der Waals surface area contributed by atoms with Gasteiger partial charge in [0.15, 0.2) is 0 Å². The first kappa shape index (κ1) is 6.33. The third kappa shape index (κ3) is 0.969. The number of aliphatic imine (C=N–C) groups is 1. The third-order valence-corrected chi connectivity index (χ3v) is 1.60. The van der Waals surface area contributed by atoms with Crippen LogP contribution in [0.3, 0.4) is 0 Å². The Morgan fingerprint density at radius 1 is 1.89 bits per heavy atom. The van der Waals surface area contributed by atoms with Gasteiger partial charge in [-0.15, -0.1) is 0 Å². The van der Waals surface area contributed by atoms with Crippen LogP contribution in [0.15, 0.2) is 17.8 Å². The van der Waals surface area contributed by atoms with Gasteiger partial charge in [0.05, 0.1) is 0 Å². The highest BCUT2D eigenvalue weighted by Crippen LogP contribution is 2.15. The quantitative estimate of drug-likeness (QED) is 0.511. The first-order valence-electron chi connectivity index (χ1n) is 3.15. The molecule has 0 aromatic carbocycles. The molecule has 1 rings (SSSR count). The molecule has 2 nitrogen and oxygen atoms in total. The molecular formula is C7H12N2. The monoisotopic (exact) mass is 124 g/mol. The molecule has 1 fully saturated rings. The molecule has 1 saturated heterocycles. The van der Waals surface area contributed by atoms with Gasteiger partial charge in [0.1, 0.15) is 5.84 Å². The molecule has 1 atom stereocenters. The Kier molecular flexibility index (Phi) is 1.56. The van der Waals surface area contributed by atoms with Crippen molar-refractivity contribution in [2.45, 2.75) is 6.92 Å². The summed E-state index contributed by atoms with van der Waals surface area (Å²) in [5, 5.41) is 0. The second kappa shape index (κ2) is 2.21. The van der Waals surface area contributed by atoms with Crippen molar-refractivity contribution in [3.05, 3.63) is 12.8 Å². The van der Waals surface area contributed by atoms with Gasteiger partial charge in [-0.1, -0.05) is 13.5 Å². The summed E-state index contributed by atoms with van der Waals surface area (Å²) in [5.41, 5.74) is 0. The second-order valence-electron chi connectivity index (χ2n) is 2.45. The van der Waals surface area contributed by atoms with E-state index in [4.69, 9.17) is 0 Å². The van der Waals surface area contributed by atoms with E-state index in [2.05, 4.69) is 23.4 Å². The lowest BCUT2D eigenvalue weighted by Gasteiger charge is -2.37. The summed E-state index contributed by atoms with van der Waals surface area (Å²) in [4.78, 5) is 6.23. The molecule has 0 amide bonds. The molecule has 9 heavy (non-hydrogen) atoms. The standard InChI is InChI=1S/C7H12N2/c1-4-8-7-6(2)5-9(7)3/h4,6H,1,5H2,2-3H3/t6-/m0/s1. The lowest BCUT2D eigenvalue weighted by molar-refractivity contribution is 0.351. The normalized spacial score (nSPS) is 30.2. The van der Waals surface area contributed by atoms with E-state index < -0.39 is 0 Å². The van der Waals surface area contributed by atoms with Gasteiger partial charge in [-0.25, -0.2) is 4.99 Å². The number of nitrogens with zero attached hydrogens (tertiary/aromatic N) is 2. The molecule has 0 aliphatic carbocycles. The Hall–Kier alpha value is -0.790. The van der Waals surface area contributed by atoms with E-state index in [1.807, 2.05) is 7.05 Å². The molecule has 0 bridgehead atoms. The van der Waals surface area contributed by atoms with Gasteiger partial charge >= 0.3 is 0 Å². The van der Waals surface area contributed by atoms with Crippen LogP contribution in [-0.2, 0) is 0 Å². The SMILES string of the molecule is C=CN=C1[C@@H](C)CN1C. The van der Waals surface area contributed by atoms with Crippen molar-refractivity contribution >= 4 is 5.84 Å². The molecule has 0 N–H and O–H groups in total. The average Bonchev–Trinajstić information content (AvgIpc) is 1.84. The summed E-state index contributed by atoms with van der Waals surface area (Å²) in [7, 11) is 2.04. The van der Waals surface area contributed by atoms with E-state index in [0.717, 1.165) is 12.4 Å². The maximum Gasteiger partial charge on any atom is 0.108 e. The van der Waals surface area contributed by atoms with Crippen LogP contribution in [0.2, 0.25) is 0 Å². The maximum atomic E-state index is 4.10. The van der Waals surface area contributed by atoms with Gasteiger partial charge in [-0.3, -0.25) is 0 Å². The highest BCUT2D eigenvalue weighted by atomic mass is 15.2. The van der Waals surface area contributed by atoms with Crippen LogP contribution in [0.25, 0.3) is 0 Å². The average molecular weight is 124 g/mol. The highest BCUT2D eigenvalue weighted by molar-refractivity contribution is 5.89. The Bertz CT molecular complexity index is 139. The van der Waals surface area contributed by atoms with Crippen molar-refractivity contribution in [3.8, 4) is 0 Å². The molecule has 2 heteroatoms. The van der Waals surface area contributed by atoms with Gasteiger partial charge in [0.25, 0.3) is 0 Å². The fourth-order valence-corrected chi connectivity index (χ4v) is 1.17. The summed E-state index contributed by atoms with van der Waals surface area (Å²) in [6.45, 7) is 6.84. The summed E-state index contributed by atoms with van der Waals surface area (Å²) in [6.07, 6.45) is 1.60. The number of amidine groups is 1. The zero-order chi connectivity index (χ0) is 6.85.